The van der Waals surface area contributed by atoms with E-state index in [-0.39, 0.29) is 24.3 Å². The average Bonchev–Trinajstić information content (AvgIpc) is 2.68. The molecule has 4 nitrogen and oxygen atoms in total. The second-order valence-corrected chi connectivity index (χ2v) is 7.46. The molecule has 0 saturated carbocycles. The van der Waals surface area contributed by atoms with Crippen LogP contribution in [0.4, 0.5) is 5.69 Å². The van der Waals surface area contributed by atoms with Crippen molar-refractivity contribution in [1.82, 2.24) is 4.90 Å². The molecule has 1 aliphatic carbocycles. The Balaban J connectivity index is 1.72. The Morgan fingerprint density at radius 2 is 1.81 bits per heavy atom. The number of aryl methyl sites for hydroxylation is 1. The van der Waals surface area contributed by atoms with Gasteiger partial charge in [0, 0.05) is 6.54 Å². The summed E-state index contributed by atoms with van der Waals surface area (Å²) < 4.78 is 0. The van der Waals surface area contributed by atoms with Gasteiger partial charge in [0.15, 0.2) is 0 Å². The number of carbonyl (C=O) groups excluding carboxylic acids is 2. The molecule has 0 fully saturated rings. The molecule has 1 unspecified atom stereocenters. The zero-order chi connectivity index (χ0) is 19.4. The van der Waals surface area contributed by atoms with Crippen LogP contribution < -0.4 is 5.32 Å². The van der Waals surface area contributed by atoms with E-state index in [1.807, 2.05) is 25.1 Å². The standard InChI is InChI=1S/C21H22Cl2N2O2/c1-2-25(13-19(26)24-20-17(22)11-6-12-18(20)23)21(27)16-10-5-8-14-7-3-4-9-15(14)16/h3-4,6-7,9,11-12,16H,2,5,8,10,13H2,1H3,(H,24,26). The normalized spacial score (nSPS) is 15.7. The van der Waals surface area contributed by atoms with Crippen molar-refractivity contribution in [2.75, 3.05) is 18.4 Å². The number of likely N-dealkylation sites (N-methyl/N-ethyl adjacent to an activating group) is 1. The highest BCUT2D eigenvalue weighted by molar-refractivity contribution is 6.39. The van der Waals surface area contributed by atoms with Crippen molar-refractivity contribution in [2.24, 2.45) is 0 Å². The van der Waals surface area contributed by atoms with E-state index in [1.165, 1.54) is 5.56 Å². The van der Waals surface area contributed by atoms with E-state index in [0.717, 1.165) is 24.8 Å². The Hall–Kier alpha value is -2.04. The highest BCUT2D eigenvalue weighted by Crippen LogP contribution is 2.33. The van der Waals surface area contributed by atoms with Crippen LogP contribution >= 0.6 is 23.2 Å². The lowest BCUT2D eigenvalue weighted by Crippen LogP contribution is -2.41. The largest absolute Gasteiger partial charge is 0.333 e. The van der Waals surface area contributed by atoms with Gasteiger partial charge in [0.1, 0.15) is 0 Å². The SMILES string of the molecule is CCN(CC(=O)Nc1c(Cl)cccc1Cl)C(=O)C1CCCc2ccccc21. The summed E-state index contributed by atoms with van der Waals surface area (Å²) >= 11 is 12.2. The molecule has 142 valence electrons. The van der Waals surface area contributed by atoms with Crippen LogP contribution in [-0.2, 0) is 16.0 Å². The third-order valence-electron chi connectivity index (χ3n) is 4.92. The fourth-order valence-electron chi connectivity index (χ4n) is 3.55. The third-order valence-corrected chi connectivity index (χ3v) is 5.55. The number of nitrogens with zero attached hydrogens (tertiary/aromatic N) is 1. The number of rotatable bonds is 5. The molecule has 0 saturated heterocycles. The molecule has 2 amide bonds. The summed E-state index contributed by atoms with van der Waals surface area (Å²) in [5.74, 6) is -0.513. The summed E-state index contributed by atoms with van der Waals surface area (Å²) in [5, 5.41) is 3.46. The monoisotopic (exact) mass is 404 g/mol. The number of hydrogen-bond acceptors (Lipinski definition) is 2. The molecule has 2 aromatic carbocycles. The molecule has 0 aromatic heterocycles. The maximum absolute atomic E-state index is 13.1. The lowest BCUT2D eigenvalue weighted by Gasteiger charge is -2.30. The molecule has 0 heterocycles. The summed E-state index contributed by atoms with van der Waals surface area (Å²) in [4.78, 5) is 27.2. The van der Waals surface area contributed by atoms with Gasteiger partial charge in [0.2, 0.25) is 11.8 Å². The minimum atomic E-state index is -0.315. The van der Waals surface area contributed by atoms with Crippen LogP contribution in [0.2, 0.25) is 10.0 Å². The average molecular weight is 405 g/mol. The van der Waals surface area contributed by atoms with Crippen molar-refractivity contribution in [3.63, 3.8) is 0 Å². The fourth-order valence-corrected chi connectivity index (χ4v) is 4.04. The van der Waals surface area contributed by atoms with Crippen molar-refractivity contribution < 1.29 is 9.59 Å². The minimum absolute atomic E-state index is 0.00921. The first-order chi connectivity index (χ1) is 13.0. The summed E-state index contributed by atoms with van der Waals surface area (Å²) in [5.41, 5.74) is 2.68. The number of hydrogen-bond donors (Lipinski definition) is 1. The Morgan fingerprint density at radius 3 is 2.52 bits per heavy atom. The first-order valence-electron chi connectivity index (χ1n) is 9.11. The predicted octanol–water partition coefficient (Wildman–Crippen LogP) is 4.90. The van der Waals surface area contributed by atoms with Crippen molar-refractivity contribution in [3.8, 4) is 0 Å². The van der Waals surface area contributed by atoms with Crippen LogP contribution in [0.1, 0.15) is 36.8 Å². The highest BCUT2D eigenvalue weighted by Gasteiger charge is 2.30. The van der Waals surface area contributed by atoms with Crippen LogP contribution in [0, 0.1) is 0 Å². The summed E-state index contributed by atoms with van der Waals surface area (Å²) in [6.45, 7) is 2.30. The lowest BCUT2D eigenvalue weighted by molar-refractivity contribution is -0.136. The minimum Gasteiger partial charge on any atom is -0.333 e. The smallest absolute Gasteiger partial charge is 0.244 e. The molecule has 0 radical (unpaired) electrons. The maximum atomic E-state index is 13.1. The topological polar surface area (TPSA) is 49.4 Å². The van der Waals surface area contributed by atoms with Gasteiger partial charge >= 0.3 is 0 Å². The molecule has 1 N–H and O–H groups in total. The third kappa shape index (κ3) is 4.45. The molecule has 27 heavy (non-hydrogen) atoms. The van der Waals surface area contributed by atoms with Gasteiger partial charge < -0.3 is 10.2 Å². The maximum Gasteiger partial charge on any atom is 0.244 e. The molecule has 1 aliphatic rings. The van der Waals surface area contributed by atoms with E-state index in [0.29, 0.717) is 22.3 Å². The predicted molar refractivity (Wildman–Crippen MR) is 109 cm³/mol. The zero-order valence-electron chi connectivity index (χ0n) is 15.2. The van der Waals surface area contributed by atoms with Crippen molar-refractivity contribution >= 4 is 40.7 Å². The van der Waals surface area contributed by atoms with E-state index in [1.54, 1.807) is 23.1 Å². The van der Waals surface area contributed by atoms with Gasteiger partial charge in [0.05, 0.1) is 28.2 Å². The number of anilines is 1. The summed E-state index contributed by atoms with van der Waals surface area (Å²) in [6, 6.07) is 13.1. The van der Waals surface area contributed by atoms with Gasteiger partial charge in [-0.1, -0.05) is 53.5 Å². The van der Waals surface area contributed by atoms with Gasteiger partial charge in [-0.25, -0.2) is 0 Å². The molecule has 0 aliphatic heterocycles. The second kappa shape index (κ2) is 8.77. The van der Waals surface area contributed by atoms with Gasteiger partial charge in [-0.2, -0.15) is 0 Å². The summed E-state index contributed by atoms with van der Waals surface area (Å²) in [7, 11) is 0. The molecule has 2 aromatic rings. The zero-order valence-corrected chi connectivity index (χ0v) is 16.7. The van der Waals surface area contributed by atoms with E-state index < -0.39 is 0 Å². The van der Waals surface area contributed by atoms with Gasteiger partial charge in [-0.05, 0) is 49.4 Å². The Bertz CT molecular complexity index is 834. The number of halogens is 2. The van der Waals surface area contributed by atoms with E-state index in [9.17, 15) is 9.59 Å². The first kappa shape index (κ1) is 19.7. The quantitative estimate of drug-likeness (QED) is 0.769. The van der Waals surface area contributed by atoms with Crippen LogP contribution in [0.15, 0.2) is 42.5 Å². The van der Waals surface area contributed by atoms with Gasteiger partial charge in [-0.15, -0.1) is 0 Å². The highest BCUT2D eigenvalue weighted by atomic mass is 35.5. The Labute approximate surface area is 169 Å². The van der Waals surface area contributed by atoms with E-state index >= 15 is 0 Å². The van der Waals surface area contributed by atoms with Crippen molar-refractivity contribution in [1.29, 1.82) is 0 Å². The Kier molecular flexibility index (Phi) is 6.40. The number of fused-ring (bicyclic) bond motifs is 1. The first-order valence-corrected chi connectivity index (χ1v) is 9.87. The van der Waals surface area contributed by atoms with E-state index in [2.05, 4.69) is 11.4 Å². The number of para-hydroxylation sites is 1. The summed E-state index contributed by atoms with van der Waals surface area (Å²) in [6.07, 6.45) is 2.79. The van der Waals surface area contributed by atoms with Gasteiger partial charge in [0.25, 0.3) is 0 Å². The van der Waals surface area contributed by atoms with Crippen molar-refractivity contribution in [3.05, 3.63) is 63.6 Å². The number of benzene rings is 2. The fraction of sp³-hybridized carbons (Fsp3) is 0.333. The lowest BCUT2D eigenvalue weighted by atomic mass is 9.82. The van der Waals surface area contributed by atoms with Crippen LogP contribution in [-0.4, -0.2) is 29.8 Å². The second-order valence-electron chi connectivity index (χ2n) is 6.64. The molecule has 6 heteroatoms. The molecular formula is C21H22Cl2N2O2. The molecule has 0 spiro atoms. The van der Waals surface area contributed by atoms with Crippen LogP contribution in [0.3, 0.4) is 0 Å². The number of amides is 2. The molecule has 0 bridgehead atoms. The van der Waals surface area contributed by atoms with E-state index in [4.69, 9.17) is 23.2 Å². The van der Waals surface area contributed by atoms with Crippen LogP contribution in [0.5, 0.6) is 0 Å². The van der Waals surface area contributed by atoms with Gasteiger partial charge in [-0.3, -0.25) is 9.59 Å². The van der Waals surface area contributed by atoms with Crippen molar-refractivity contribution in [2.45, 2.75) is 32.1 Å². The molecule has 1 atom stereocenters. The number of nitrogens with one attached hydrogen (secondary N) is 1. The Morgan fingerprint density at radius 1 is 1.11 bits per heavy atom. The van der Waals surface area contributed by atoms with Crippen LogP contribution in [0.25, 0.3) is 0 Å². The number of carbonyl (C=O) groups is 2. The molecular weight excluding hydrogens is 383 g/mol. The molecule has 3 rings (SSSR count).